The summed E-state index contributed by atoms with van der Waals surface area (Å²) in [5.74, 6) is -1.20. The third-order valence-electron chi connectivity index (χ3n) is 1.54. The molecule has 0 aliphatic rings. The van der Waals surface area contributed by atoms with Crippen molar-refractivity contribution in [3.8, 4) is 0 Å². The maximum atomic E-state index is 13.0. The number of carbonyl (C=O) groups excluding carboxylic acids is 1. The van der Waals surface area contributed by atoms with E-state index in [4.69, 9.17) is 0 Å². The van der Waals surface area contributed by atoms with Crippen molar-refractivity contribution >= 4 is 22.2 Å². The molecule has 1 aromatic carbocycles. The number of aldehydes is 1. The van der Waals surface area contributed by atoms with Gasteiger partial charge in [0.05, 0.1) is 15.6 Å². The molecule has 0 saturated heterocycles. The molecule has 1 nitrogen and oxygen atoms in total. The molecule has 1 aromatic rings. The molecule has 14 heavy (non-hydrogen) atoms. The summed E-state index contributed by atoms with van der Waals surface area (Å²) in [5.41, 5.74) is -1.55. The zero-order valence-corrected chi connectivity index (χ0v) is 8.12. The smallest absolute Gasteiger partial charge is 0.298 e. The zero-order valence-electron chi connectivity index (χ0n) is 6.53. The van der Waals surface area contributed by atoms with E-state index >= 15 is 0 Å². The number of hydrogen-bond acceptors (Lipinski definition) is 1. The number of halogens is 5. The van der Waals surface area contributed by atoms with Gasteiger partial charge in [-0.25, -0.2) is 4.39 Å². The van der Waals surface area contributed by atoms with Crippen LogP contribution in [0.5, 0.6) is 0 Å². The number of carbonyl (C=O) groups is 1. The molecule has 0 radical (unpaired) electrons. The van der Waals surface area contributed by atoms with Gasteiger partial charge in [-0.05, 0) is 28.1 Å². The largest absolute Gasteiger partial charge is 0.417 e. The van der Waals surface area contributed by atoms with E-state index < -0.39 is 27.6 Å². The average Bonchev–Trinajstić information content (AvgIpc) is 2.07. The van der Waals surface area contributed by atoms with E-state index in [1.807, 2.05) is 0 Å². The first-order valence-corrected chi connectivity index (χ1v) is 4.17. The van der Waals surface area contributed by atoms with Gasteiger partial charge in [0.25, 0.3) is 0 Å². The van der Waals surface area contributed by atoms with E-state index in [0.29, 0.717) is 6.07 Å². The monoisotopic (exact) mass is 270 g/mol. The number of benzene rings is 1. The van der Waals surface area contributed by atoms with Crippen LogP contribution in [0.1, 0.15) is 15.9 Å². The summed E-state index contributed by atoms with van der Waals surface area (Å²) >= 11 is 2.45. The summed E-state index contributed by atoms with van der Waals surface area (Å²) in [4.78, 5) is 10.2. The maximum absolute atomic E-state index is 13.0. The normalized spacial score (nSPS) is 11.5. The lowest BCUT2D eigenvalue weighted by molar-refractivity contribution is -0.138. The van der Waals surface area contributed by atoms with Gasteiger partial charge in [-0.3, -0.25) is 4.79 Å². The molecule has 0 atom stereocenters. The molecule has 6 heteroatoms. The quantitative estimate of drug-likeness (QED) is 0.565. The van der Waals surface area contributed by atoms with Crippen LogP contribution in [0.25, 0.3) is 0 Å². The number of hydrogen-bond donors (Lipinski definition) is 0. The van der Waals surface area contributed by atoms with Crippen molar-refractivity contribution in [2.24, 2.45) is 0 Å². The van der Waals surface area contributed by atoms with Gasteiger partial charge in [0.15, 0.2) is 6.29 Å². The van der Waals surface area contributed by atoms with Gasteiger partial charge in [-0.1, -0.05) is 0 Å². The Kier molecular flexibility index (Phi) is 2.94. The van der Waals surface area contributed by atoms with Crippen molar-refractivity contribution < 1.29 is 22.4 Å². The molecular formula is C8H3BrF4O. The van der Waals surface area contributed by atoms with E-state index in [1.54, 1.807) is 0 Å². The summed E-state index contributed by atoms with van der Waals surface area (Å²) in [7, 11) is 0. The number of rotatable bonds is 1. The first kappa shape index (κ1) is 11.2. The minimum absolute atomic E-state index is 0.153. The molecule has 0 spiro atoms. The molecule has 0 unspecified atom stereocenters. The second-order valence-corrected chi connectivity index (χ2v) is 3.24. The van der Waals surface area contributed by atoms with Crippen LogP contribution in [0.2, 0.25) is 0 Å². The molecule has 0 aromatic heterocycles. The van der Waals surface area contributed by atoms with Crippen LogP contribution in [0.4, 0.5) is 17.6 Å². The predicted molar refractivity (Wildman–Crippen MR) is 44.5 cm³/mol. The van der Waals surface area contributed by atoms with Crippen LogP contribution in [0, 0.1) is 5.82 Å². The molecule has 0 aliphatic heterocycles. The Hall–Kier alpha value is -0.910. The molecule has 0 heterocycles. The summed E-state index contributed by atoms with van der Waals surface area (Å²) < 4.78 is 48.8. The van der Waals surface area contributed by atoms with Crippen LogP contribution in [-0.2, 0) is 6.18 Å². The van der Waals surface area contributed by atoms with Crippen LogP contribution in [-0.4, -0.2) is 6.29 Å². The van der Waals surface area contributed by atoms with Crippen molar-refractivity contribution in [3.05, 3.63) is 33.5 Å². The Balaban J connectivity index is 3.38. The van der Waals surface area contributed by atoms with Gasteiger partial charge in [-0.2, -0.15) is 13.2 Å². The first-order chi connectivity index (χ1) is 6.38. The summed E-state index contributed by atoms with van der Waals surface area (Å²) in [6, 6.07) is 1.44. The van der Waals surface area contributed by atoms with Gasteiger partial charge in [-0.15, -0.1) is 0 Å². The molecule has 0 saturated carbocycles. The zero-order chi connectivity index (χ0) is 10.9. The van der Waals surface area contributed by atoms with Gasteiger partial charge in [0, 0.05) is 0 Å². The molecule has 0 aliphatic carbocycles. The Morgan fingerprint density at radius 1 is 1.29 bits per heavy atom. The van der Waals surface area contributed by atoms with Gasteiger partial charge in [0.2, 0.25) is 0 Å². The van der Waals surface area contributed by atoms with Crippen molar-refractivity contribution in [1.29, 1.82) is 0 Å². The number of alkyl halides is 3. The Morgan fingerprint density at radius 2 is 1.86 bits per heavy atom. The minimum atomic E-state index is -4.64. The van der Waals surface area contributed by atoms with Crippen molar-refractivity contribution in [1.82, 2.24) is 0 Å². The second kappa shape index (κ2) is 3.68. The maximum Gasteiger partial charge on any atom is 0.417 e. The Morgan fingerprint density at radius 3 is 2.29 bits per heavy atom. The van der Waals surface area contributed by atoms with Gasteiger partial charge >= 0.3 is 6.18 Å². The van der Waals surface area contributed by atoms with E-state index in [-0.39, 0.29) is 6.29 Å². The van der Waals surface area contributed by atoms with E-state index in [0.717, 1.165) is 6.07 Å². The summed E-state index contributed by atoms with van der Waals surface area (Å²) in [6.07, 6.45) is -4.48. The van der Waals surface area contributed by atoms with E-state index in [9.17, 15) is 22.4 Å². The molecular weight excluding hydrogens is 268 g/mol. The van der Waals surface area contributed by atoms with Crippen LogP contribution < -0.4 is 0 Å². The fourth-order valence-corrected chi connectivity index (χ4v) is 1.46. The van der Waals surface area contributed by atoms with Crippen molar-refractivity contribution in [3.63, 3.8) is 0 Å². The Bertz CT molecular complexity index is 372. The molecule has 0 amide bonds. The third-order valence-corrected chi connectivity index (χ3v) is 2.32. The lowest BCUT2D eigenvalue weighted by Gasteiger charge is -2.09. The Labute approximate surface area is 84.9 Å². The highest BCUT2D eigenvalue weighted by Gasteiger charge is 2.34. The molecule has 76 valence electrons. The minimum Gasteiger partial charge on any atom is -0.298 e. The molecule has 0 bridgehead atoms. The van der Waals surface area contributed by atoms with Crippen LogP contribution in [0.15, 0.2) is 16.6 Å². The highest BCUT2D eigenvalue weighted by Crippen LogP contribution is 2.36. The lowest BCUT2D eigenvalue weighted by atomic mass is 10.1. The molecule has 0 fully saturated rings. The first-order valence-electron chi connectivity index (χ1n) is 3.38. The van der Waals surface area contributed by atoms with E-state index in [1.165, 1.54) is 0 Å². The fourth-order valence-electron chi connectivity index (χ4n) is 0.874. The van der Waals surface area contributed by atoms with Gasteiger partial charge < -0.3 is 0 Å². The molecule has 0 N–H and O–H groups in total. The van der Waals surface area contributed by atoms with Crippen LogP contribution >= 0.6 is 15.9 Å². The third kappa shape index (κ3) is 1.95. The fraction of sp³-hybridized carbons (Fsp3) is 0.125. The average molecular weight is 271 g/mol. The van der Waals surface area contributed by atoms with Crippen molar-refractivity contribution in [2.75, 3.05) is 0 Å². The summed E-state index contributed by atoms with van der Waals surface area (Å²) in [5, 5.41) is 0. The highest BCUT2D eigenvalue weighted by atomic mass is 79.9. The topological polar surface area (TPSA) is 17.1 Å². The molecule has 1 rings (SSSR count). The second-order valence-electron chi connectivity index (χ2n) is 2.45. The van der Waals surface area contributed by atoms with Gasteiger partial charge in [0.1, 0.15) is 5.82 Å². The van der Waals surface area contributed by atoms with Crippen LogP contribution in [0.3, 0.4) is 0 Å². The predicted octanol–water partition coefficient (Wildman–Crippen LogP) is 3.42. The van der Waals surface area contributed by atoms with E-state index in [2.05, 4.69) is 15.9 Å². The SMILES string of the molecule is O=Cc1ccc(C(F)(F)F)c(Br)c1F. The highest BCUT2D eigenvalue weighted by molar-refractivity contribution is 9.10. The summed E-state index contributed by atoms with van der Waals surface area (Å²) in [6.45, 7) is 0. The van der Waals surface area contributed by atoms with Crippen molar-refractivity contribution in [2.45, 2.75) is 6.18 Å². The lowest BCUT2D eigenvalue weighted by Crippen LogP contribution is -2.08. The standard InChI is InChI=1S/C8H3BrF4O/c9-6-5(8(11,12)13)2-1-4(3-14)7(6)10/h1-3H.